The first-order valence-electron chi connectivity index (χ1n) is 5.65. The number of aromatic nitrogens is 2. The first-order chi connectivity index (χ1) is 7.20. The van der Waals surface area contributed by atoms with Crippen molar-refractivity contribution in [3.63, 3.8) is 0 Å². The highest BCUT2D eigenvalue weighted by molar-refractivity contribution is 6.31. The Kier molecular flexibility index (Phi) is 3.32. The Labute approximate surface area is 95.8 Å². The Bertz CT molecular complexity index is 311. The number of nitrogens with zero attached hydrogens (tertiary/aromatic N) is 2. The van der Waals surface area contributed by atoms with Gasteiger partial charge in [-0.05, 0) is 26.2 Å². The molecule has 1 fully saturated rings. The first-order valence-corrected chi connectivity index (χ1v) is 6.03. The summed E-state index contributed by atoms with van der Waals surface area (Å²) in [7, 11) is 0. The molecular weight excluding hydrogens is 210 g/mol. The van der Waals surface area contributed by atoms with Crippen LogP contribution in [0.25, 0.3) is 0 Å². The molecule has 0 amide bonds. The highest BCUT2D eigenvalue weighted by atomic mass is 35.5. The van der Waals surface area contributed by atoms with Crippen LogP contribution in [-0.4, -0.2) is 22.4 Å². The zero-order valence-electron chi connectivity index (χ0n) is 9.33. The molecule has 1 saturated carbocycles. The van der Waals surface area contributed by atoms with Crippen molar-refractivity contribution >= 4 is 11.6 Å². The van der Waals surface area contributed by atoms with Gasteiger partial charge >= 0.3 is 0 Å². The molecule has 15 heavy (non-hydrogen) atoms. The van der Waals surface area contributed by atoms with Crippen LogP contribution in [0.5, 0.6) is 0 Å². The molecule has 1 aromatic rings. The summed E-state index contributed by atoms with van der Waals surface area (Å²) in [5.41, 5.74) is 0.918. The molecule has 1 aromatic heterocycles. The molecule has 0 aromatic carbocycles. The Morgan fingerprint density at radius 2 is 2.40 bits per heavy atom. The summed E-state index contributed by atoms with van der Waals surface area (Å²) in [6.07, 6.45) is 5.67. The van der Waals surface area contributed by atoms with Gasteiger partial charge in [-0.25, -0.2) is 0 Å². The molecule has 1 heterocycles. The molecule has 0 spiro atoms. The number of halogens is 1. The van der Waals surface area contributed by atoms with Crippen LogP contribution in [0.1, 0.15) is 37.9 Å². The van der Waals surface area contributed by atoms with Crippen molar-refractivity contribution in [1.29, 1.82) is 0 Å². The molecule has 0 aliphatic heterocycles. The summed E-state index contributed by atoms with van der Waals surface area (Å²) < 4.78 is 1.99. The largest absolute Gasteiger partial charge is 0.312 e. The minimum Gasteiger partial charge on any atom is -0.312 e. The molecule has 4 heteroatoms. The fourth-order valence-corrected chi connectivity index (χ4v) is 1.80. The van der Waals surface area contributed by atoms with Gasteiger partial charge < -0.3 is 5.32 Å². The van der Waals surface area contributed by atoms with Crippen molar-refractivity contribution in [3.05, 3.63) is 16.9 Å². The predicted octanol–water partition coefficient (Wildman–Crippen LogP) is 2.55. The number of aryl methyl sites for hydroxylation is 1. The summed E-state index contributed by atoms with van der Waals surface area (Å²) in [4.78, 5) is 0. The average molecular weight is 228 g/mol. The average Bonchev–Trinajstić information content (AvgIpc) is 2.96. The zero-order chi connectivity index (χ0) is 10.8. The van der Waals surface area contributed by atoms with Crippen molar-refractivity contribution in [2.24, 2.45) is 0 Å². The van der Waals surface area contributed by atoms with Crippen LogP contribution < -0.4 is 5.32 Å². The SMILES string of the molecule is CCC(CNC1CC1)n1cc(Cl)c(C)n1. The third-order valence-corrected chi connectivity index (χ3v) is 3.29. The number of hydrogen-bond donors (Lipinski definition) is 1. The molecule has 1 unspecified atom stereocenters. The van der Waals surface area contributed by atoms with Crippen LogP contribution >= 0.6 is 11.6 Å². The lowest BCUT2D eigenvalue weighted by atomic mass is 10.2. The van der Waals surface area contributed by atoms with Crippen LogP contribution in [0.3, 0.4) is 0 Å². The van der Waals surface area contributed by atoms with E-state index in [1.807, 2.05) is 17.8 Å². The van der Waals surface area contributed by atoms with Gasteiger partial charge in [-0.1, -0.05) is 18.5 Å². The van der Waals surface area contributed by atoms with Gasteiger partial charge in [0.1, 0.15) is 0 Å². The summed E-state index contributed by atoms with van der Waals surface area (Å²) in [5, 5.41) is 8.72. The van der Waals surface area contributed by atoms with E-state index in [4.69, 9.17) is 11.6 Å². The van der Waals surface area contributed by atoms with E-state index >= 15 is 0 Å². The van der Waals surface area contributed by atoms with Gasteiger partial charge in [-0.15, -0.1) is 0 Å². The van der Waals surface area contributed by atoms with E-state index in [0.29, 0.717) is 6.04 Å². The molecule has 1 atom stereocenters. The van der Waals surface area contributed by atoms with Crippen molar-refractivity contribution in [3.8, 4) is 0 Å². The second kappa shape index (κ2) is 4.54. The van der Waals surface area contributed by atoms with E-state index in [2.05, 4.69) is 17.3 Å². The number of rotatable bonds is 5. The van der Waals surface area contributed by atoms with Crippen molar-refractivity contribution in [1.82, 2.24) is 15.1 Å². The van der Waals surface area contributed by atoms with Gasteiger partial charge in [0.2, 0.25) is 0 Å². The molecule has 0 saturated heterocycles. The van der Waals surface area contributed by atoms with Gasteiger partial charge in [-0.3, -0.25) is 4.68 Å². The van der Waals surface area contributed by atoms with E-state index in [9.17, 15) is 0 Å². The van der Waals surface area contributed by atoms with E-state index in [1.165, 1.54) is 12.8 Å². The third kappa shape index (κ3) is 2.73. The first kappa shape index (κ1) is 11.0. The van der Waals surface area contributed by atoms with Crippen molar-refractivity contribution < 1.29 is 0 Å². The highest BCUT2D eigenvalue weighted by Gasteiger charge is 2.22. The Morgan fingerprint density at radius 1 is 1.67 bits per heavy atom. The normalized spacial score (nSPS) is 18.1. The smallest absolute Gasteiger partial charge is 0.0815 e. The van der Waals surface area contributed by atoms with Gasteiger partial charge in [0.15, 0.2) is 0 Å². The maximum atomic E-state index is 6.00. The molecule has 84 valence electrons. The van der Waals surface area contributed by atoms with E-state index in [-0.39, 0.29) is 0 Å². The molecule has 1 aliphatic rings. The minimum atomic E-state index is 0.428. The predicted molar refractivity (Wildman–Crippen MR) is 62.3 cm³/mol. The second-order valence-corrected chi connectivity index (χ2v) is 4.69. The van der Waals surface area contributed by atoms with Crippen LogP contribution in [0, 0.1) is 6.92 Å². The summed E-state index contributed by atoms with van der Waals surface area (Å²) >= 11 is 6.00. The molecule has 0 radical (unpaired) electrons. The van der Waals surface area contributed by atoms with Gasteiger partial charge in [-0.2, -0.15) is 5.10 Å². The lowest BCUT2D eigenvalue weighted by Gasteiger charge is -2.16. The topological polar surface area (TPSA) is 29.9 Å². The monoisotopic (exact) mass is 227 g/mol. The minimum absolute atomic E-state index is 0.428. The van der Waals surface area contributed by atoms with Gasteiger partial charge in [0.25, 0.3) is 0 Å². The fraction of sp³-hybridized carbons (Fsp3) is 0.727. The maximum Gasteiger partial charge on any atom is 0.0815 e. The van der Waals surface area contributed by atoms with E-state index < -0.39 is 0 Å². The van der Waals surface area contributed by atoms with Crippen LogP contribution in [-0.2, 0) is 0 Å². The van der Waals surface area contributed by atoms with Crippen molar-refractivity contribution in [2.75, 3.05) is 6.54 Å². The molecule has 1 N–H and O–H groups in total. The molecular formula is C11H18ClN3. The Hall–Kier alpha value is -0.540. The Morgan fingerprint density at radius 3 is 2.87 bits per heavy atom. The summed E-state index contributed by atoms with van der Waals surface area (Å²) in [5.74, 6) is 0. The van der Waals surface area contributed by atoms with Gasteiger partial charge in [0.05, 0.1) is 16.8 Å². The van der Waals surface area contributed by atoms with Crippen LogP contribution in [0.4, 0.5) is 0 Å². The quantitative estimate of drug-likeness (QED) is 0.838. The van der Waals surface area contributed by atoms with Crippen LogP contribution in [0.2, 0.25) is 5.02 Å². The second-order valence-electron chi connectivity index (χ2n) is 4.29. The maximum absolute atomic E-state index is 6.00. The standard InChI is InChI=1S/C11H18ClN3/c1-3-10(6-13-9-4-5-9)15-7-11(12)8(2)14-15/h7,9-10,13H,3-6H2,1-2H3. The van der Waals surface area contributed by atoms with E-state index in [1.54, 1.807) is 0 Å². The lowest BCUT2D eigenvalue weighted by Crippen LogP contribution is -2.27. The van der Waals surface area contributed by atoms with Crippen LogP contribution in [0.15, 0.2) is 6.20 Å². The van der Waals surface area contributed by atoms with E-state index in [0.717, 1.165) is 29.7 Å². The number of hydrogen-bond acceptors (Lipinski definition) is 2. The lowest BCUT2D eigenvalue weighted by molar-refractivity contribution is 0.409. The summed E-state index contributed by atoms with van der Waals surface area (Å²) in [6, 6.07) is 1.18. The fourth-order valence-electron chi connectivity index (χ4n) is 1.66. The molecule has 1 aliphatic carbocycles. The third-order valence-electron chi connectivity index (χ3n) is 2.92. The number of nitrogens with one attached hydrogen (secondary N) is 1. The zero-order valence-corrected chi connectivity index (χ0v) is 10.1. The highest BCUT2D eigenvalue weighted by Crippen LogP contribution is 2.21. The summed E-state index contributed by atoms with van der Waals surface area (Å²) in [6.45, 7) is 5.13. The molecule has 0 bridgehead atoms. The Balaban J connectivity index is 1.97. The van der Waals surface area contributed by atoms with Crippen molar-refractivity contribution in [2.45, 2.75) is 45.2 Å². The molecule has 2 rings (SSSR count). The molecule has 3 nitrogen and oxygen atoms in total. The van der Waals surface area contributed by atoms with Gasteiger partial charge in [0, 0.05) is 18.8 Å².